The van der Waals surface area contributed by atoms with Crippen LogP contribution >= 0.6 is 23.2 Å². The Morgan fingerprint density at radius 1 is 1.21 bits per heavy atom. The lowest BCUT2D eigenvalue weighted by molar-refractivity contribution is 0.189. The van der Waals surface area contributed by atoms with Crippen LogP contribution in [0.3, 0.4) is 0 Å². The Bertz CT molecular complexity index is 666. The minimum absolute atomic E-state index is 0.464. The lowest BCUT2D eigenvalue weighted by atomic mass is 9.99. The largest absolute Gasteiger partial charge is 0.339 e. The first kappa shape index (κ1) is 17.7. The van der Waals surface area contributed by atoms with Crippen LogP contribution in [0.15, 0.2) is 22.7 Å². The highest BCUT2D eigenvalue weighted by Gasteiger charge is 2.16. The van der Waals surface area contributed by atoms with Gasteiger partial charge < -0.3 is 9.42 Å². The van der Waals surface area contributed by atoms with Gasteiger partial charge in [-0.25, -0.2) is 0 Å². The van der Waals surface area contributed by atoms with Gasteiger partial charge in [-0.15, -0.1) is 0 Å². The number of hydrogen-bond acceptors (Lipinski definition) is 4. The van der Waals surface area contributed by atoms with E-state index in [1.807, 2.05) is 12.1 Å². The molecule has 0 unspecified atom stereocenters. The molecule has 0 spiro atoms. The normalized spacial score (nSPS) is 16.6. The number of piperidine rings is 1. The van der Waals surface area contributed by atoms with Gasteiger partial charge in [0.15, 0.2) is 0 Å². The van der Waals surface area contributed by atoms with Crippen molar-refractivity contribution in [3.63, 3.8) is 0 Å². The minimum Gasteiger partial charge on any atom is -0.339 e. The summed E-state index contributed by atoms with van der Waals surface area (Å²) in [5.74, 6) is 2.05. The fourth-order valence-corrected chi connectivity index (χ4v) is 3.42. The van der Waals surface area contributed by atoms with E-state index in [1.54, 1.807) is 6.07 Å². The predicted octanol–water partition coefficient (Wildman–Crippen LogP) is 5.10. The maximum Gasteiger partial charge on any atom is 0.226 e. The second kappa shape index (κ2) is 8.32. The zero-order chi connectivity index (χ0) is 16.9. The van der Waals surface area contributed by atoms with Gasteiger partial charge in [0.2, 0.25) is 11.7 Å². The molecule has 1 saturated heterocycles. The molecule has 1 aliphatic rings. The van der Waals surface area contributed by atoms with Crippen LogP contribution in [-0.4, -0.2) is 34.7 Å². The second-order valence-electron chi connectivity index (χ2n) is 6.59. The van der Waals surface area contributed by atoms with Crippen LogP contribution in [-0.2, 0) is 6.42 Å². The first-order valence-corrected chi connectivity index (χ1v) is 9.38. The van der Waals surface area contributed by atoms with Crippen LogP contribution in [0.1, 0.15) is 38.5 Å². The summed E-state index contributed by atoms with van der Waals surface area (Å²) in [4.78, 5) is 7.00. The van der Waals surface area contributed by atoms with Gasteiger partial charge in [0.1, 0.15) is 0 Å². The molecule has 3 rings (SSSR count). The van der Waals surface area contributed by atoms with Crippen LogP contribution in [0.25, 0.3) is 11.4 Å². The summed E-state index contributed by atoms with van der Waals surface area (Å²) in [6.07, 6.45) is 5.66. The van der Waals surface area contributed by atoms with Gasteiger partial charge in [0.05, 0.1) is 10.0 Å². The predicted molar refractivity (Wildman–Crippen MR) is 97.5 cm³/mol. The molecule has 4 nitrogen and oxygen atoms in total. The third kappa shape index (κ3) is 4.50. The van der Waals surface area contributed by atoms with E-state index >= 15 is 0 Å². The van der Waals surface area contributed by atoms with Crippen molar-refractivity contribution in [2.45, 2.75) is 39.0 Å². The lowest BCUT2D eigenvalue weighted by Gasteiger charge is -2.30. The summed E-state index contributed by atoms with van der Waals surface area (Å²) >= 11 is 12.2. The molecule has 24 heavy (non-hydrogen) atoms. The molecule has 6 heteroatoms. The van der Waals surface area contributed by atoms with E-state index < -0.39 is 0 Å². The summed E-state index contributed by atoms with van der Waals surface area (Å²) in [6.45, 7) is 5.97. The Kier molecular flexibility index (Phi) is 6.14. The van der Waals surface area contributed by atoms with Gasteiger partial charge in [-0.05, 0) is 63.4 Å². The highest BCUT2D eigenvalue weighted by molar-refractivity contribution is 6.43. The summed E-state index contributed by atoms with van der Waals surface area (Å²) < 4.78 is 5.34. The van der Waals surface area contributed by atoms with Crippen molar-refractivity contribution in [3.8, 4) is 11.4 Å². The summed E-state index contributed by atoms with van der Waals surface area (Å²) in [6, 6.07) is 5.43. The van der Waals surface area contributed by atoms with Gasteiger partial charge in [0.25, 0.3) is 0 Å². The zero-order valence-corrected chi connectivity index (χ0v) is 15.5. The van der Waals surface area contributed by atoms with Crippen molar-refractivity contribution in [3.05, 3.63) is 34.1 Å². The highest BCUT2D eigenvalue weighted by atomic mass is 35.5. The van der Waals surface area contributed by atoms with Gasteiger partial charge in [-0.2, -0.15) is 4.98 Å². The summed E-state index contributed by atoms with van der Waals surface area (Å²) in [5, 5.41) is 4.99. The van der Waals surface area contributed by atoms with E-state index in [4.69, 9.17) is 27.7 Å². The van der Waals surface area contributed by atoms with E-state index in [-0.39, 0.29) is 0 Å². The van der Waals surface area contributed by atoms with Crippen molar-refractivity contribution in [1.29, 1.82) is 0 Å². The first-order chi connectivity index (χ1) is 11.6. The fraction of sp³-hybridized carbons (Fsp3) is 0.556. The topological polar surface area (TPSA) is 42.2 Å². The molecular formula is C18H23Cl2N3O. The molecule has 1 fully saturated rings. The summed E-state index contributed by atoms with van der Waals surface area (Å²) in [7, 11) is 0. The van der Waals surface area contributed by atoms with Crippen molar-refractivity contribution >= 4 is 23.2 Å². The number of aryl methyl sites for hydroxylation is 1. The van der Waals surface area contributed by atoms with Crippen molar-refractivity contribution in [2.75, 3.05) is 19.6 Å². The van der Waals surface area contributed by atoms with Crippen LogP contribution in [0, 0.1) is 5.92 Å². The molecule has 130 valence electrons. The van der Waals surface area contributed by atoms with Crippen LogP contribution < -0.4 is 0 Å². The minimum atomic E-state index is 0.464. The van der Waals surface area contributed by atoms with E-state index in [2.05, 4.69) is 22.0 Å². The van der Waals surface area contributed by atoms with E-state index in [0.29, 0.717) is 27.3 Å². The molecule has 0 atom stereocenters. The maximum absolute atomic E-state index is 6.20. The standard InChI is InChI=1S/C18H23Cl2N3O/c1-13-8-11-23(12-9-13)10-3-2-7-16-21-18(22-24-16)14-5-4-6-15(19)17(14)20/h4-6,13H,2-3,7-12H2,1H3. The molecule has 0 aliphatic carbocycles. The molecule has 0 radical (unpaired) electrons. The SMILES string of the molecule is CC1CCN(CCCCc2nc(-c3cccc(Cl)c3Cl)no2)CC1. The second-order valence-corrected chi connectivity index (χ2v) is 7.38. The van der Waals surface area contributed by atoms with Crippen LogP contribution in [0.4, 0.5) is 0 Å². The number of hydrogen-bond donors (Lipinski definition) is 0. The zero-order valence-electron chi connectivity index (χ0n) is 14.0. The Morgan fingerprint density at radius 2 is 2.00 bits per heavy atom. The number of benzene rings is 1. The number of unbranched alkanes of at least 4 members (excludes halogenated alkanes) is 1. The molecule has 1 aromatic heterocycles. The number of halogens is 2. The van der Waals surface area contributed by atoms with Gasteiger partial charge in [-0.1, -0.05) is 41.3 Å². The van der Waals surface area contributed by atoms with Crippen LogP contribution in [0.2, 0.25) is 10.0 Å². The molecule has 0 amide bonds. The highest BCUT2D eigenvalue weighted by Crippen LogP contribution is 2.31. The van der Waals surface area contributed by atoms with Gasteiger partial charge in [-0.3, -0.25) is 0 Å². The van der Waals surface area contributed by atoms with E-state index in [0.717, 1.165) is 31.7 Å². The summed E-state index contributed by atoms with van der Waals surface area (Å²) in [5.41, 5.74) is 0.710. The van der Waals surface area contributed by atoms with Crippen LogP contribution in [0.5, 0.6) is 0 Å². The number of nitrogens with zero attached hydrogens (tertiary/aromatic N) is 3. The van der Waals surface area contributed by atoms with Crippen molar-refractivity contribution in [2.24, 2.45) is 5.92 Å². The number of likely N-dealkylation sites (tertiary alicyclic amines) is 1. The number of rotatable bonds is 6. The molecule has 1 aliphatic heterocycles. The molecule has 2 aromatic rings. The third-order valence-corrected chi connectivity index (χ3v) is 5.47. The average Bonchev–Trinajstić information content (AvgIpc) is 3.04. The van der Waals surface area contributed by atoms with Gasteiger partial charge >= 0.3 is 0 Å². The van der Waals surface area contributed by atoms with Crippen molar-refractivity contribution < 1.29 is 4.52 Å². The third-order valence-electron chi connectivity index (χ3n) is 4.65. The van der Waals surface area contributed by atoms with Gasteiger partial charge in [0, 0.05) is 12.0 Å². The van der Waals surface area contributed by atoms with E-state index in [9.17, 15) is 0 Å². The molecule has 0 bridgehead atoms. The number of aromatic nitrogens is 2. The van der Waals surface area contributed by atoms with Crippen molar-refractivity contribution in [1.82, 2.24) is 15.0 Å². The molecule has 2 heterocycles. The average molecular weight is 368 g/mol. The monoisotopic (exact) mass is 367 g/mol. The Labute approximate surface area is 153 Å². The van der Waals surface area contributed by atoms with E-state index in [1.165, 1.54) is 25.9 Å². The quantitative estimate of drug-likeness (QED) is 0.666. The molecule has 1 aromatic carbocycles. The molecule has 0 saturated carbocycles. The maximum atomic E-state index is 6.20. The smallest absolute Gasteiger partial charge is 0.226 e. The lowest BCUT2D eigenvalue weighted by Crippen LogP contribution is -2.33. The molecule has 0 N–H and O–H groups in total. The molecular weight excluding hydrogens is 345 g/mol. The fourth-order valence-electron chi connectivity index (χ4n) is 3.04. The first-order valence-electron chi connectivity index (χ1n) is 8.63. The Hall–Kier alpha value is -1.10. The Morgan fingerprint density at radius 3 is 2.79 bits per heavy atom. The Balaban J connectivity index is 1.47.